The first-order valence-corrected chi connectivity index (χ1v) is 5.06. The first-order valence-electron chi connectivity index (χ1n) is 5.06. The third kappa shape index (κ3) is 3.15. The Labute approximate surface area is 92.9 Å². The quantitative estimate of drug-likeness (QED) is 0.781. The highest BCUT2D eigenvalue weighted by Crippen LogP contribution is 2.23. The van der Waals surface area contributed by atoms with Crippen LogP contribution in [0, 0.1) is 5.82 Å². The Morgan fingerprint density at radius 3 is 2.31 bits per heavy atom. The van der Waals surface area contributed by atoms with E-state index in [9.17, 15) is 14.0 Å². The zero-order chi connectivity index (χ0) is 12.1. The van der Waals surface area contributed by atoms with Crippen LogP contribution >= 0.6 is 0 Å². The van der Waals surface area contributed by atoms with Gasteiger partial charge in [0.1, 0.15) is 5.82 Å². The number of aliphatic carboxylic acids is 1. The second-order valence-electron chi connectivity index (χ2n) is 3.59. The van der Waals surface area contributed by atoms with Crippen molar-refractivity contribution in [1.82, 2.24) is 0 Å². The van der Waals surface area contributed by atoms with E-state index in [2.05, 4.69) is 0 Å². The minimum absolute atomic E-state index is 0.0442. The fraction of sp³-hybridized carbons (Fsp3) is 0.333. The number of carboxylic acids is 1. The standard InChI is InChI=1S/C12H13FO3/c1-2-8(7-11(14)12(15)16)9-3-5-10(13)6-4-9/h3-6,8H,2,7H2,1H3,(H,15,16). The number of benzene rings is 1. The number of carbonyl (C=O) groups is 2. The molecule has 4 heteroatoms. The fourth-order valence-electron chi connectivity index (χ4n) is 1.54. The monoisotopic (exact) mass is 224 g/mol. The molecule has 0 saturated heterocycles. The SMILES string of the molecule is CCC(CC(=O)C(=O)O)c1ccc(F)cc1. The van der Waals surface area contributed by atoms with Crippen LogP contribution in [0.15, 0.2) is 24.3 Å². The van der Waals surface area contributed by atoms with Crippen LogP contribution in [-0.4, -0.2) is 16.9 Å². The highest BCUT2D eigenvalue weighted by Gasteiger charge is 2.19. The lowest BCUT2D eigenvalue weighted by Gasteiger charge is -2.13. The van der Waals surface area contributed by atoms with Crippen LogP contribution in [0.2, 0.25) is 0 Å². The molecule has 0 fully saturated rings. The zero-order valence-corrected chi connectivity index (χ0v) is 8.94. The van der Waals surface area contributed by atoms with Crippen molar-refractivity contribution in [2.24, 2.45) is 0 Å². The van der Waals surface area contributed by atoms with Gasteiger partial charge < -0.3 is 5.11 Å². The van der Waals surface area contributed by atoms with Crippen molar-refractivity contribution in [2.75, 3.05) is 0 Å². The molecule has 3 nitrogen and oxygen atoms in total. The molecule has 1 unspecified atom stereocenters. The lowest BCUT2D eigenvalue weighted by atomic mass is 9.91. The van der Waals surface area contributed by atoms with Crippen LogP contribution in [-0.2, 0) is 9.59 Å². The molecular formula is C12H13FO3. The van der Waals surface area contributed by atoms with Crippen molar-refractivity contribution in [3.05, 3.63) is 35.6 Å². The van der Waals surface area contributed by atoms with E-state index in [-0.39, 0.29) is 18.2 Å². The predicted octanol–water partition coefficient (Wildman–Crippen LogP) is 2.36. The van der Waals surface area contributed by atoms with E-state index in [1.165, 1.54) is 12.1 Å². The molecule has 0 aromatic heterocycles. The normalized spacial score (nSPS) is 12.1. The van der Waals surface area contributed by atoms with Crippen molar-refractivity contribution < 1.29 is 19.1 Å². The summed E-state index contributed by atoms with van der Waals surface area (Å²) in [6.07, 6.45) is 0.599. The lowest BCUT2D eigenvalue weighted by molar-refractivity contribution is -0.149. The first-order chi connectivity index (χ1) is 7.54. The maximum Gasteiger partial charge on any atom is 0.372 e. The third-order valence-electron chi connectivity index (χ3n) is 2.50. The highest BCUT2D eigenvalue weighted by atomic mass is 19.1. The Bertz CT molecular complexity index is 384. The molecule has 1 atom stereocenters. The lowest BCUT2D eigenvalue weighted by Crippen LogP contribution is -2.16. The number of ketones is 1. The van der Waals surface area contributed by atoms with E-state index in [1.54, 1.807) is 12.1 Å². The summed E-state index contributed by atoms with van der Waals surface area (Å²) in [5, 5.41) is 8.51. The molecule has 16 heavy (non-hydrogen) atoms. The molecule has 1 rings (SSSR count). The molecule has 0 aliphatic heterocycles. The van der Waals surface area contributed by atoms with Gasteiger partial charge in [-0.3, -0.25) is 4.79 Å². The van der Waals surface area contributed by atoms with E-state index in [1.807, 2.05) is 6.92 Å². The van der Waals surface area contributed by atoms with Crippen LogP contribution in [0.25, 0.3) is 0 Å². The van der Waals surface area contributed by atoms with E-state index < -0.39 is 11.8 Å². The number of Topliss-reactive ketones (excluding diaryl/α,β-unsaturated/α-hetero) is 1. The Balaban J connectivity index is 2.78. The molecule has 0 aliphatic carbocycles. The summed E-state index contributed by atoms with van der Waals surface area (Å²) in [7, 11) is 0. The number of carbonyl (C=O) groups excluding carboxylic acids is 1. The Morgan fingerprint density at radius 1 is 1.31 bits per heavy atom. The summed E-state index contributed by atoms with van der Waals surface area (Å²) in [5.41, 5.74) is 0.790. The summed E-state index contributed by atoms with van der Waals surface area (Å²) in [5.74, 6) is -2.73. The minimum Gasteiger partial charge on any atom is -0.476 e. The van der Waals surface area contributed by atoms with Crippen molar-refractivity contribution in [2.45, 2.75) is 25.7 Å². The molecule has 0 bridgehead atoms. The largest absolute Gasteiger partial charge is 0.476 e. The summed E-state index contributed by atoms with van der Waals surface area (Å²) < 4.78 is 12.7. The Kier molecular flexibility index (Phi) is 4.17. The predicted molar refractivity (Wildman–Crippen MR) is 56.7 cm³/mol. The smallest absolute Gasteiger partial charge is 0.372 e. The van der Waals surface area contributed by atoms with Crippen LogP contribution < -0.4 is 0 Å². The number of rotatable bonds is 5. The molecule has 86 valence electrons. The van der Waals surface area contributed by atoms with E-state index in [4.69, 9.17) is 5.11 Å². The van der Waals surface area contributed by atoms with Crippen molar-refractivity contribution in [3.8, 4) is 0 Å². The molecule has 0 saturated carbocycles. The second-order valence-corrected chi connectivity index (χ2v) is 3.59. The van der Waals surface area contributed by atoms with Crippen LogP contribution in [0.3, 0.4) is 0 Å². The van der Waals surface area contributed by atoms with Crippen molar-refractivity contribution in [1.29, 1.82) is 0 Å². The second kappa shape index (κ2) is 5.39. The molecule has 0 amide bonds. The van der Waals surface area contributed by atoms with Crippen molar-refractivity contribution in [3.63, 3.8) is 0 Å². The molecule has 0 spiro atoms. The molecule has 1 aromatic carbocycles. The summed E-state index contributed by atoms with van der Waals surface area (Å²) in [6.45, 7) is 1.86. The van der Waals surface area contributed by atoms with Gasteiger partial charge in [0.25, 0.3) is 0 Å². The van der Waals surface area contributed by atoms with Gasteiger partial charge in [0.05, 0.1) is 0 Å². The van der Waals surface area contributed by atoms with Gasteiger partial charge in [0, 0.05) is 6.42 Å². The molecule has 0 radical (unpaired) electrons. The molecule has 1 N–H and O–H groups in total. The summed E-state index contributed by atoms with van der Waals surface area (Å²) in [6, 6.07) is 5.78. The molecular weight excluding hydrogens is 211 g/mol. The van der Waals surface area contributed by atoms with Gasteiger partial charge in [-0.2, -0.15) is 0 Å². The zero-order valence-electron chi connectivity index (χ0n) is 8.94. The van der Waals surface area contributed by atoms with Gasteiger partial charge in [0.15, 0.2) is 0 Å². The molecule has 0 aliphatic rings. The number of carboxylic acid groups (broad SMARTS) is 1. The maximum absolute atomic E-state index is 12.7. The van der Waals surface area contributed by atoms with Gasteiger partial charge in [-0.15, -0.1) is 0 Å². The van der Waals surface area contributed by atoms with Gasteiger partial charge in [-0.05, 0) is 30.0 Å². The number of hydrogen-bond donors (Lipinski definition) is 1. The Hall–Kier alpha value is -1.71. The summed E-state index contributed by atoms with van der Waals surface area (Å²) in [4.78, 5) is 21.5. The van der Waals surface area contributed by atoms with E-state index >= 15 is 0 Å². The Morgan fingerprint density at radius 2 is 1.88 bits per heavy atom. The fourth-order valence-corrected chi connectivity index (χ4v) is 1.54. The van der Waals surface area contributed by atoms with E-state index in [0.717, 1.165) is 5.56 Å². The van der Waals surface area contributed by atoms with Gasteiger partial charge in [-0.25, -0.2) is 9.18 Å². The maximum atomic E-state index is 12.7. The van der Waals surface area contributed by atoms with Crippen molar-refractivity contribution >= 4 is 11.8 Å². The minimum atomic E-state index is -1.42. The van der Waals surface area contributed by atoms with Gasteiger partial charge in [-0.1, -0.05) is 19.1 Å². The van der Waals surface area contributed by atoms with Crippen LogP contribution in [0.1, 0.15) is 31.2 Å². The van der Waals surface area contributed by atoms with E-state index in [0.29, 0.717) is 6.42 Å². The number of halogens is 1. The molecule has 0 heterocycles. The van der Waals surface area contributed by atoms with Crippen LogP contribution in [0.4, 0.5) is 4.39 Å². The van der Waals surface area contributed by atoms with Gasteiger partial charge >= 0.3 is 5.97 Å². The third-order valence-corrected chi connectivity index (χ3v) is 2.50. The first kappa shape index (κ1) is 12.4. The molecule has 1 aromatic rings. The summed E-state index contributed by atoms with van der Waals surface area (Å²) >= 11 is 0. The average Bonchev–Trinajstić information content (AvgIpc) is 2.26. The van der Waals surface area contributed by atoms with Gasteiger partial charge in [0.2, 0.25) is 5.78 Å². The topological polar surface area (TPSA) is 54.4 Å². The number of hydrogen-bond acceptors (Lipinski definition) is 2. The average molecular weight is 224 g/mol. The van der Waals surface area contributed by atoms with Crippen LogP contribution in [0.5, 0.6) is 0 Å². The highest BCUT2D eigenvalue weighted by molar-refractivity contribution is 6.32.